The molecule has 3 rings (SSSR count). The van der Waals surface area contributed by atoms with Gasteiger partial charge in [-0.2, -0.15) is 5.10 Å². The zero-order chi connectivity index (χ0) is 17.1. The van der Waals surface area contributed by atoms with Crippen molar-refractivity contribution in [1.29, 1.82) is 0 Å². The molecule has 0 saturated heterocycles. The summed E-state index contributed by atoms with van der Waals surface area (Å²) in [5.74, 6) is 1.26. The quantitative estimate of drug-likeness (QED) is 0.631. The molecular formula is C16H14Cl2N4OS. The van der Waals surface area contributed by atoms with Crippen molar-refractivity contribution in [3.05, 3.63) is 62.8 Å². The average Bonchev–Trinajstić information content (AvgIpc) is 2.94. The monoisotopic (exact) mass is 380 g/mol. The van der Waals surface area contributed by atoms with Crippen LogP contribution < -0.4 is 10.2 Å². The number of aromatic amines is 1. The summed E-state index contributed by atoms with van der Waals surface area (Å²) < 4.78 is 7.52. The SMILES string of the molecule is COc1c(Cl)cc(Cl)cc1CNn1c(-c2ccccc2)n[nH]c1=S. The Morgan fingerprint density at radius 2 is 2.00 bits per heavy atom. The van der Waals surface area contributed by atoms with Crippen LogP contribution >= 0.6 is 35.4 Å². The van der Waals surface area contributed by atoms with E-state index >= 15 is 0 Å². The molecule has 0 unspecified atom stereocenters. The van der Waals surface area contributed by atoms with E-state index in [1.165, 1.54) is 0 Å². The first-order valence-electron chi connectivity index (χ1n) is 7.08. The van der Waals surface area contributed by atoms with Crippen LogP contribution in [-0.4, -0.2) is 22.0 Å². The van der Waals surface area contributed by atoms with E-state index < -0.39 is 0 Å². The highest BCUT2D eigenvalue weighted by Crippen LogP contribution is 2.32. The van der Waals surface area contributed by atoms with Crippen LogP contribution in [0.4, 0.5) is 0 Å². The number of benzene rings is 2. The standard InChI is InChI=1S/C16H14Cl2N4OS/c1-23-14-11(7-12(17)8-13(14)18)9-19-22-15(20-21-16(22)24)10-5-3-2-4-6-10/h2-8,19H,9H2,1H3,(H,21,24). The first kappa shape index (κ1) is 16.8. The van der Waals surface area contributed by atoms with Gasteiger partial charge in [0, 0.05) is 16.1 Å². The maximum atomic E-state index is 6.17. The summed E-state index contributed by atoms with van der Waals surface area (Å²) in [5.41, 5.74) is 4.98. The van der Waals surface area contributed by atoms with E-state index in [4.69, 9.17) is 40.2 Å². The number of aromatic nitrogens is 3. The highest BCUT2D eigenvalue weighted by molar-refractivity contribution is 7.71. The summed E-state index contributed by atoms with van der Waals surface area (Å²) in [4.78, 5) is 0. The van der Waals surface area contributed by atoms with Gasteiger partial charge in [0.2, 0.25) is 4.77 Å². The normalized spacial score (nSPS) is 10.6. The van der Waals surface area contributed by atoms with Crippen LogP contribution in [-0.2, 0) is 6.54 Å². The molecule has 24 heavy (non-hydrogen) atoms. The van der Waals surface area contributed by atoms with Crippen molar-refractivity contribution in [2.75, 3.05) is 12.5 Å². The van der Waals surface area contributed by atoms with Crippen molar-refractivity contribution in [2.24, 2.45) is 0 Å². The average molecular weight is 381 g/mol. The van der Waals surface area contributed by atoms with E-state index in [0.717, 1.165) is 11.1 Å². The Balaban J connectivity index is 1.92. The second-order valence-corrected chi connectivity index (χ2v) is 6.20. The molecule has 8 heteroatoms. The molecule has 3 aromatic rings. The fraction of sp³-hybridized carbons (Fsp3) is 0.125. The number of hydrogen-bond acceptors (Lipinski definition) is 4. The predicted octanol–water partition coefficient (Wildman–Crippen LogP) is 4.67. The lowest BCUT2D eigenvalue weighted by Gasteiger charge is -2.14. The van der Waals surface area contributed by atoms with Gasteiger partial charge in [0.1, 0.15) is 5.75 Å². The van der Waals surface area contributed by atoms with Crippen molar-refractivity contribution in [1.82, 2.24) is 14.9 Å². The summed E-state index contributed by atoms with van der Waals surface area (Å²) in [5, 5.41) is 8.07. The molecule has 1 aromatic heterocycles. The lowest BCUT2D eigenvalue weighted by Crippen LogP contribution is -2.16. The first-order valence-corrected chi connectivity index (χ1v) is 8.25. The molecule has 0 amide bonds. The van der Waals surface area contributed by atoms with Gasteiger partial charge in [-0.25, -0.2) is 9.77 Å². The number of hydrogen-bond donors (Lipinski definition) is 2. The highest BCUT2D eigenvalue weighted by Gasteiger charge is 2.12. The first-order chi connectivity index (χ1) is 11.6. The molecule has 124 valence electrons. The number of nitrogens with zero attached hydrogens (tertiary/aromatic N) is 2. The van der Waals surface area contributed by atoms with Gasteiger partial charge in [-0.3, -0.25) is 0 Å². The van der Waals surface area contributed by atoms with E-state index in [2.05, 4.69) is 15.6 Å². The molecule has 0 bridgehead atoms. The molecule has 5 nitrogen and oxygen atoms in total. The maximum absolute atomic E-state index is 6.17. The zero-order valence-electron chi connectivity index (χ0n) is 12.7. The van der Waals surface area contributed by atoms with Crippen molar-refractivity contribution in [3.63, 3.8) is 0 Å². The van der Waals surface area contributed by atoms with E-state index in [1.54, 1.807) is 23.9 Å². The summed E-state index contributed by atoms with van der Waals surface area (Å²) in [6, 6.07) is 13.2. The lowest BCUT2D eigenvalue weighted by atomic mass is 10.2. The minimum absolute atomic E-state index is 0.414. The second kappa shape index (κ2) is 7.25. The van der Waals surface area contributed by atoms with Gasteiger partial charge in [0.15, 0.2) is 5.82 Å². The number of nitrogens with one attached hydrogen (secondary N) is 2. The van der Waals surface area contributed by atoms with Crippen LogP contribution in [0.1, 0.15) is 5.56 Å². The van der Waals surface area contributed by atoms with E-state index in [0.29, 0.717) is 32.9 Å². The Labute approximate surface area is 154 Å². The van der Waals surface area contributed by atoms with Gasteiger partial charge >= 0.3 is 0 Å². The third kappa shape index (κ3) is 3.40. The molecule has 0 fully saturated rings. The van der Waals surface area contributed by atoms with Crippen molar-refractivity contribution in [3.8, 4) is 17.1 Å². The Kier molecular flexibility index (Phi) is 5.08. The van der Waals surface area contributed by atoms with Crippen LogP contribution in [0.5, 0.6) is 5.75 Å². The number of halogens is 2. The van der Waals surface area contributed by atoms with Crippen molar-refractivity contribution in [2.45, 2.75) is 6.54 Å². The van der Waals surface area contributed by atoms with Crippen LogP contribution in [0.25, 0.3) is 11.4 Å². The molecule has 0 aliphatic heterocycles. The molecule has 2 N–H and O–H groups in total. The van der Waals surface area contributed by atoms with Crippen molar-refractivity contribution < 1.29 is 4.74 Å². The Hall–Kier alpha value is -2.02. The number of H-pyrrole nitrogens is 1. The molecule has 0 radical (unpaired) electrons. The fourth-order valence-corrected chi connectivity index (χ4v) is 3.17. The molecule has 0 spiro atoms. The second-order valence-electron chi connectivity index (χ2n) is 4.97. The van der Waals surface area contributed by atoms with Crippen molar-refractivity contribution >= 4 is 35.4 Å². The third-order valence-corrected chi connectivity index (χ3v) is 4.19. The zero-order valence-corrected chi connectivity index (χ0v) is 15.0. The van der Waals surface area contributed by atoms with Gasteiger partial charge in [0.25, 0.3) is 0 Å². The molecule has 0 saturated carbocycles. The Morgan fingerprint density at radius 1 is 1.25 bits per heavy atom. The topological polar surface area (TPSA) is 54.9 Å². The maximum Gasteiger partial charge on any atom is 0.214 e. The molecule has 1 heterocycles. The Bertz CT molecular complexity index is 908. The minimum Gasteiger partial charge on any atom is -0.495 e. The number of ether oxygens (including phenoxy) is 1. The molecule has 2 aromatic carbocycles. The number of rotatable bonds is 5. The third-order valence-electron chi connectivity index (χ3n) is 3.42. The molecular weight excluding hydrogens is 367 g/mol. The van der Waals surface area contributed by atoms with Gasteiger partial charge in [-0.1, -0.05) is 53.5 Å². The summed E-state index contributed by atoms with van der Waals surface area (Å²) in [6.45, 7) is 0.414. The van der Waals surface area contributed by atoms with Gasteiger partial charge in [-0.15, -0.1) is 0 Å². The van der Waals surface area contributed by atoms with Gasteiger partial charge in [0.05, 0.1) is 18.7 Å². The van der Waals surface area contributed by atoms with Crippen LogP contribution in [0, 0.1) is 4.77 Å². The molecule has 0 atom stereocenters. The van der Waals surface area contributed by atoms with Gasteiger partial charge < -0.3 is 10.2 Å². The highest BCUT2D eigenvalue weighted by atomic mass is 35.5. The smallest absolute Gasteiger partial charge is 0.214 e. The van der Waals surface area contributed by atoms with E-state index in [1.807, 2.05) is 30.3 Å². The largest absolute Gasteiger partial charge is 0.495 e. The summed E-state index contributed by atoms with van der Waals surface area (Å²) >= 11 is 17.6. The number of methoxy groups -OCH3 is 1. The molecule has 0 aliphatic carbocycles. The molecule has 0 aliphatic rings. The fourth-order valence-electron chi connectivity index (χ4n) is 2.36. The van der Waals surface area contributed by atoms with Crippen LogP contribution in [0.15, 0.2) is 42.5 Å². The summed E-state index contributed by atoms with van der Waals surface area (Å²) in [6.07, 6.45) is 0. The minimum atomic E-state index is 0.414. The lowest BCUT2D eigenvalue weighted by molar-refractivity contribution is 0.410. The predicted molar refractivity (Wildman–Crippen MR) is 98.9 cm³/mol. The van der Waals surface area contributed by atoms with Crippen LogP contribution in [0.3, 0.4) is 0 Å². The summed E-state index contributed by atoms with van der Waals surface area (Å²) in [7, 11) is 1.57. The van der Waals surface area contributed by atoms with E-state index in [9.17, 15) is 0 Å². The van der Waals surface area contributed by atoms with Crippen LogP contribution in [0.2, 0.25) is 10.0 Å². The Morgan fingerprint density at radius 3 is 2.71 bits per heavy atom. The van der Waals surface area contributed by atoms with Gasteiger partial charge in [-0.05, 0) is 24.4 Å². The van der Waals surface area contributed by atoms with E-state index in [-0.39, 0.29) is 0 Å².